The smallest absolute Gasteiger partial charge is 0.276 e. The lowest BCUT2D eigenvalue weighted by Gasteiger charge is -2.23. The number of amides is 1. The van der Waals surface area contributed by atoms with Gasteiger partial charge < -0.3 is 9.42 Å². The molecule has 3 aromatic rings. The predicted molar refractivity (Wildman–Crippen MR) is 90.0 cm³/mol. The third-order valence-electron chi connectivity index (χ3n) is 3.75. The second-order valence-corrected chi connectivity index (χ2v) is 5.87. The van der Waals surface area contributed by atoms with E-state index in [0.29, 0.717) is 18.1 Å². The minimum absolute atomic E-state index is 0.0497. The van der Waals surface area contributed by atoms with E-state index in [1.807, 2.05) is 51.1 Å². The zero-order valence-corrected chi connectivity index (χ0v) is 14.5. The van der Waals surface area contributed by atoms with Gasteiger partial charge in [-0.15, -0.1) is 5.10 Å². The van der Waals surface area contributed by atoms with Crippen molar-refractivity contribution < 1.29 is 9.32 Å². The van der Waals surface area contributed by atoms with Crippen LogP contribution in [0.4, 0.5) is 0 Å². The van der Waals surface area contributed by atoms with E-state index in [4.69, 9.17) is 4.52 Å². The van der Waals surface area contributed by atoms with Gasteiger partial charge in [-0.3, -0.25) is 4.79 Å². The summed E-state index contributed by atoms with van der Waals surface area (Å²) in [7, 11) is 0. The summed E-state index contributed by atoms with van der Waals surface area (Å²) in [5.74, 6) is 0.809. The molecule has 0 radical (unpaired) electrons. The summed E-state index contributed by atoms with van der Waals surface area (Å²) in [4.78, 5) is 18.7. The number of hydrogen-bond donors (Lipinski definition) is 0. The van der Waals surface area contributed by atoms with Gasteiger partial charge in [0.15, 0.2) is 11.5 Å². The molecule has 0 aliphatic carbocycles. The quantitative estimate of drug-likeness (QED) is 0.684. The second kappa shape index (κ2) is 7.25. The van der Waals surface area contributed by atoms with Crippen LogP contribution in [0.25, 0.3) is 5.69 Å². The number of nitrogens with zero attached hydrogens (tertiary/aromatic N) is 6. The van der Waals surface area contributed by atoms with E-state index < -0.39 is 0 Å². The zero-order valence-electron chi connectivity index (χ0n) is 14.5. The third-order valence-corrected chi connectivity index (χ3v) is 3.75. The molecule has 2 heterocycles. The molecule has 3 rings (SSSR count). The fraction of sp³-hybridized carbons (Fsp3) is 0.353. The monoisotopic (exact) mass is 340 g/mol. The van der Waals surface area contributed by atoms with Crippen LogP contribution in [0.2, 0.25) is 0 Å². The van der Waals surface area contributed by atoms with Crippen molar-refractivity contribution >= 4 is 5.91 Å². The largest absolute Gasteiger partial charge is 0.337 e. The van der Waals surface area contributed by atoms with Gasteiger partial charge in [-0.2, -0.15) is 4.98 Å². The van der Waals surface area contributed by atoms with E-state index in [1.54, 1.807) is 15.8 Å². The summed E-state index contributed by atoms with van der Waals surface area (Å²) in [5.41, 5.74) is 1.11. The van der Waals surface area contributed by atoms with E-state index in [9.17, 15) is 4.79 Å². The van der Waals surface area contributed by atoms with Crippen LogP contribution in [0, 0.1) is 0 Å². The average Bonchev–Trinajstić information content (AvgIpc) is 3.29. The molecule has 1 amide bonds. The van der Waals surface area contributed by atoms with E-state index in [1.165, 1.54) is 0 Å². The van der Waals surface area contributed by atoms with Gasteiger partial charge in [0.25, 0.3) is 5.91 Å². The molecule has 0 aliphatic rings. The van der Waals surface area contributed by atoms with E-state index in [2.05, 4.69) is 20.5 Å². The summed E-state index contributed by atoms with van der Waals surface area (Å²) in [6.45, 7) is 6.04. The first-order chi connectivity index (χ1) is 12.1. The molecule has 0 atom stereocenters. The molecule has 25 heavy (non-hydrogen) atoms. The SMILES string of the molecule is CCc1noc(CN(C(=O)c2cn(-c3ccccc3)nn2)C(C)C)n1. The minimum atomic E-state index is -0.228. The van der Waals surface area contributed by atoms with Gasteiger partial charge in [-0.1, -0.05) is 35.5 Å². The van der Waals surface area contributed by atoms with Crippen LogP contribution in [0.1, 0.15) is 43.0 Å². The fourth-order valence-electron chi connectivity index (χ4n) is 2.35. The summed E-state index contributed by atoms with van der Waals surface area (Å²) in [6.07, 6.45) is 2.31. The van der Waals surface area contributed by atoms with Crippen molar-refractivity contribution in [3.05, 3.63) is 53.9 Å². The van der Waals surface area contributed by atoms with Gasteiger partial charge in [0.1, 0.15) is 6.54 Å². The second-order valence-electron chi connectivity index (χ2n) is 5.87. The fourth-order valence-corrected chi connectivity index (χ4v) is 2.35. The Balaban J connectivity index is 1.80. The highest BCUT2D eigenvalue weighted by Crippen LogP contribution is 2.13. The molecule has 0 unspecified atom stereocenters. The Morgan fingerprint density at radius 1 is 1.28 bits per heavy atom. The number of aromatic nitrogens is 5. The number of para-hydroxylation sites is 1. The third kappa shape index (κ3) is 3.73. The first kappa shape index (κ1) is 16.8. The molecule has 0 fully saturated rings. The maximum absolute atomic E-state index is 12.8. The Morgan fingerprint density at radius 2 is 2.04 bits per heavy atom. The van der Waals surface area contributed by atoms with Crippen LogP contribution < -0.4 is 0 Å². The lowest BCUT2D eigenvalue weighted by molar-refractivity contribution is 0.0661. The van der Waals surface area contributed by atoms with Gasteiger partial charge in [0.2, 0.25) is 5.89 Å². The minimum Gasteiger partial charge on any atom is -0.337 e. The molecular formula is C17H20N6O2. The normalized spacial score (nSPS) is 11.0. The van der Waals surface area contributed by atoms with Gasteiger partial charge in [-0.05, 0) is 26.0 Å². The summed E-state index contributed by atoms with van der Waals surface area (Å²) >= 11 is 0. The van der Waals surface area contributed by atoms with Gasteiger partial charge in [0, 0.05) is 12.5 Å². The molecular weight excluding hydrogens is 320 g/mol. The summed E-state index contributed by atoms with van der Waals surface area (Å²) in [6, 6.07) is 9.47. The van der Waals surface area contributed by atoms with E-state index in [-0.39, 0.29) is 24.2 Å². The number of rotatable bonds is 6. The van der Waals surface area contributed by atoms with Crippen LogP contribution >= 0.6 is 0 Å². The lowest BCUT2D eigenvalue weighted by Crippen LogP contribution is -2.36. The lowest BCUT2D eigenvalue weighted by atomic mass is 10.2. The van der Waals surface area contributed by atoms with Gasteiger partial charge in [0.05, 0.1) is 11.9 Å². The maximum atomic E-state index is 12.8. The number of benzene rings is 1. The molecule has 1 aromatic carbocycles. The standard InChI is InChI=1S/C17H20N6O2/c1-4-15-18-16(25-20-15)11-22(12(2)3)17(24)14-10-23(21-19-14)13-8-6-5-7-9-13/h5-10,12H,4,11H2,1-3H3. The summed E-state index contributed by atoms with van der Waals surface area (Å²) < 4.78 is 6.78. The van der Waals surface area contributed by atoms with Crippen molar-refractivity contribution in [1.29, 1.82) is 0 Å². The van der Waals surface area contributed by atoms with Crippen molar-refractivity contribution in [2.45, 2.75) is 39.8 Å². The van der Waals surface area contributed by atoms with Crippen LogP contribution in [-0.4, -0.2) is 42.0 Å². The van der Waals surface area contributed by atoms with Crippen LogP contribution in [0.5, 0.6) is 0 Å². The van der Waals surface area contributed by atoms with Crippen molar-refractivity contribution in [1.82, 2.24) is 30.0 Å². The number of carbonyl (C=O) groups is 1. The molecule has 130 valence electrons. The molecule has 8 heteroatoms. The Labute approximate surface area is 145 Å². The molecule has 0 bridgehead atoms. The molecule has 0 saturated heterocycles. The Morgan fingerprint density at radius 3 is 2.68 bits per heavy atom. The van der Waals surface area contributed by atoms with Gasteiger partial charge in [-0.25, -0.2) is 4.68 Å². The molecule has 8 nitrogen and oxygen atoms in total. The summed E-state index contributed by atoms with van der Waals surface area (Å²) in [5, 5.41) is 11.9. The van der Waals surface area contributed by atoms with Crippen LogP contribution in [0.15, 0.2) is 41.1 Å². The highest BCUT2D eigenvalue weighted by atomic mass is 16.5. The predicted octanol–water partition coefficient (Wildman–Crippen LogP) is 2.26. The Hall–Kier alpha value is -3.03. The zero-order chi connectivity index (χ0) is 17.8. The number of aryl methyl sites for hydroxylation is 1. The molecule has 0 N–H and O–H groups in total. The first-order valence-electron chi connectivity index (χ1n) is 8.18. The number of carbonyl (C=O) groups excluding carboxylic acids is 1. The molecule has 2 aromatic heterocycles. The van der Waals surface area contributed by atoms with E-state index >= 15 is 0 Å². The van der Waals surface area contributed by atoms with Gasteiger partial charge >= 0.3 is 0 Å². The topological polar surface area (TPSA) is 89.9 Å². The Bertz CT molecular complexity index is 840. The van der Waals surface area contributed by atoms with Crippen molar-refractivity contribution in [3.63, 3.8) is 0 Å². The highest BCUT2D eigenvalue weighted by Gasteiger charge is 2.24. The Kier molecular flexibility index (Phi) is 4.87. The molecule has 0 saturated carbocycles. The van der Waals surface area contributed by atoms with Crippen LogP contribution in [-0.2, 0) is 13.0 Å². The van der Waals surface area contributed by atoms with Crippen molar-refractivity contribution in [2.24, 2.45) is 0 Å². The molecule has 0 aliphatic heterocycles. The number of hydrogen-bond acceptors (Lipinski definition) is 6. The van der Waals surface area contributed by atoms with E-state index in [0.717, 1.165) is 5.69 Å². The molecule has 0 spiro atoms. The first-order valence-corrected chi connectivity index (χ1v) is 8.18. The highest BCUT2D eigenvalue weighted by molar-refractivity contribution is 5.92. The van der Waals surface area contributed by atoms with Crippen LogP contribution in [0.3, 0.4) is 0 Å². The van der Waals surface area contributed by atoms with Crippen molar-refractivity contribution in [3.8, 4) is 5.69 Å². The van der Waals surface area contributed by atoms with Crippen molar-refractivity contribution in [2.75, 3.05) is 0 Å². The maximum Gasteiger partial charge on any atom is 0.276 e. The average molecular weight is 340 g/mol.